The van der Waals surface area contributed by atoms with Crippen molar-refractivity contribution in [2.45, 2.75) is 32.4 Å². The van der Waals surface area contributed by atoms with Gasteiger partial charge in [0.1, 0.15) is 0 Å². The second kappa shape index (κ2) is 5.98. The summed E-state index contributed by atoms with van der Waals surface area (Å²) < 4.78 is 1.16. The topological polar surface area (TPSA) is 29.3 Å². The third kappa shape index (κ3) is 3.80. The molecule has 2 nitrogen and oxygen atoms in total. The summed E-state index contributed by atoms with van der Waals surface area (Å²) in [5.74, 6) is 0.663. The largest absolute Gasteiger partial charge is 0.328 e. The van der Waals surface area contributed by atoms with E-state index in [1.54, 1.807) is 0 Å². The quantitative estimate of drug-likeness (QED) is 0.929. The van der Waals surface area contributed by atoms with Gasteiger partial charge in [0.05, 0.1) is 0 Å². The number of nitrogens with zero attached hydrogens (tertiary/aromatic N) is 1. The first-order valence-corrected chi connectivity index (χ1v) is 7.17. The second-order valence-corrected chi connectivity index (χ2v) is 6.04. The van der Waals surface area contributed by atoms with Crippen molar-refractivity contribution in [1.29, 1.82) is 0 Å². The van der Waals surface area contributed by atoms with E-state index >= 15 is 0 Å². The summed E-state index contributed by atoms with van der Waals surface area (Å²) in [6.45, 7) is 5.52. The Hall–Kier alpha value is -0.380. The Morgan fingerprint density at radius 2 is 2.35 bits per heavy atom. The van der Waals surface area contributed by atoms with E-state index in [9.17, 15) is 0 Å². The average Bonchev–Trinajstić information content (AvgIpc) is 2.29. The van der Waals surface area contributed by atoms with Crippen LogP contribution < -0.4 is 5.73 Å². The molecule has 2 atom stereocenters. The Kier molecular flexibility index (Phi) is 4.60. The molecule has 0 amide bonds. The summed E-state index contributed by atoms with van der Waals surface area (Å²) in [5, 5.41) is 0. The van der Waals surface area contributed by atoms with E-state index in [0.29, 0.717) is 12.0 Å². The van der Waals surface area contributed by atoms with Gasteiger partial charge in [-0.05, 0) is 49.9 Å². The van der Waals surface area contributed by atoms with Gasteiger partial charge in [-0.25, -0.2) is 0 Å². The molecule has 0 aromatic heterocycles. The van der Waals surface area contributed by atoms with Crippen LogP contribution in [0.25, 0.3) is 0 Å². The van der Waals surface area contributed by atoms with E-state index in [2.05, 4.69) is 52.0 Å². The van der Waals surface area contributed by atoms with Gasteiger partial charge < -0.3 is 5.73 Å². The van der Waals surface area contributed by atoms with E-state index in [0.717, 1.165) is 17.6 Å². The molecule has 1 aromatic carbocycles. The zero-order valence-electron chi connectivity index (χ0n) is 10.4. The molecule has 2 N–H and O–H groups in total. The fourth-order valence-electron chi connectivity index (χ4n) is 2.56. The lowest BCUT2D eigenvalue weighted by atomic mass is 9.92. The summed E-state index contributed by atoms with van der Waals surface area (Å²) in [5.41, 5.74) is 7.39. The number of nitrogens with two attached hydrogens (primary N) is 1. The molecule has 1 heterocycles. The van der Waals surface area contributed by atoms with Crippen LogP contribution in [0.4, 0.5) is 0 Å². The van der Waals surface area contributed by atoms with Gasteiger partial charge >= 0.3 is 0 Å². The summed E-state index contributed by atoms with van der Waals surface area (Å²) in [6.07, 6.45) is 2.56. The normalized spacial score (nSPS) is 23.6. The minimum atomic E-state index is 0.320. The van der Waals surface area contributed by atoms with Crippen molar-refractivity contribution in [3.8, 4) is 0 Å². The lowest BCUT2D eigenvalue weighted by Gasteiger charge is -2.34. The minimum absolute atomic E-state index is 0.320. The van der Waals surface area contributed by atoms with Crippen molar-refractivity contribution < 1.29 is 0 Å². The molecule has 0 bridgehead atoms. The number of benzene rings is 1. The van der Waals surface area contributed by atoms with Crippen LogP contribution in [0.3, 0.4) is 0 Å². The van der Waals surface area contributed by atoms with Crippen LogP contribution in [0.1, 0.15) is 25.3 Å². The fourth-order valence-corrected chi connectivity index (χ4v) is 3.00. The van der Waals surface area contributed by atoms with E-state index in [1.165, 1.54) is 24.9 Å². The van der Waals surface area contributed by atoms with Crippen molar-refractivity contribution in [1.82, 2.24) is 4.90 Å². The second-order valence-electron chi connectivity index (χ2n) is 5.13. The molecule has 0 radical (unpaired) electrons. The maximum Gasteiger partial charge on any atom is 0.0234 e. The molecule has 1 saturated heterocycles. The van der Waals surface area contributed by atoms with E-state index in [-0.39, 0.29) is 0 Å². The highest BCUT2D eigenvalue weighted by atomic mass is 79.9. The van der Waals surface area contributed by atoms with Gasteiger partial charge in [0.2, 0.25) is 0 Å². The van der Waals surface area contributed by atoms with Crippen LogP contribution in [0.2, 0.25) is 0 Å². The smallest absolute Gasteiger partial charge is 0.0234 e. The Morgan fingerprint density at radius 3 is 3.06 bits per heavy atom. The number of hydrogen-bond acceptors (Lipinski definition) is 2. The van der Waals surface area contributed by atoms with Gasteiger partial charge in [-0.2, -0.15) is 0 Å². The van der Waals surface area contributed by atoms with Crippen LogP contribution in [0.5, 0.6) is 0 Å². The van der Waals surface area contributed by atoms with Crippen molar-refractivity contribution in [2.75, 3.05) is 13.1 Å². The van der Waals surface area contributed by atoms with Crippen molar-refractivity contribution >= 4 is 15.9 Å². The molecule has 17 heavy (non-hydrogen) atoms. The third-order valence-electron chi connectivity index (χ3n) is 3.58. The molecule has 1 fully saturated rings. The molecule has 2 unspecified atom stereocenters. The standard InChI is InChI=1S/C14H21BrN2/c1-11(16)13-5-3-7-17(10-13)9-12-4-2-6-14(15)8-12/h2,4,6,8,11,13H,3,5,7,9-10,16H2,1H3. The average molecular weight is 297 g/mol. The van der Waals surface area contributed by atoms with E-state index < -0.39 is 0 Å². The molecule has 1 aromatic rings. The monoisotopic (exact) mass is 296 g/mol. The Balaban J connectivity index is 1.94. The van der Waals surface area contributed by atoms with Gasteiger partial charge in [0.15, 0.2) is 0 Å². The highest BCUT2D eigenvalue weighted by Crippen LogP contribution is 2.21. The Morgan fingerprint density at radius 1 is 1.53 bits per heavy atom. The zero-order valence-corrected chi connectivity index (χ0v) is 12.0. The molecule has 0 spiro atoms. The molecular weight excluding hydrogens is 276 g/mol. The van der Waals surface area contributed by atoms with Crippen molar-refractivity contribution in [3.63, 3.8) is 0 Å². The summed E-state index contributed by atoms with van der Waals surface area (Å²) in [7, 11) is 0. The molecule has 0 aliphatic carbocycles. The summed E-state index contributed by atoms with van der Waals surface area (Å²) in [4.78, 5) is 2.53. The highest BCUT2D eigenvalue weighted by molar-refractivity contribution is 9.10. The molecule has 0 saturated carbocycles. The number of halogens is 1. The van der Waals surface area contributed by atoms with Crippen LogP contribution in [0, 0.1) is 5.92 Å². The first-order chi connectivity index (χ1) is 8.15. The Labute approximate surface area is 112 Å². The van der Waals surface area contributed by atoms with Gasteiger partial charge in [-0.1, -0.05) is 28.1 Å². The number of likely N-dealkylation sites (tertiary alicyclic amines) is 1. The molecular formula is C14H21BrN2. The fraction of sp³-hybridized carbons (Fsp3) is 0.571. The number of piperidine rings is 1. The molecule has 3 heteroatoms. The van der Waals surface area contributed by atoms with E-state index in [1.807, 2.05) is 0 Å². The van der Waals surface area contributed by atoms with Crippen LogP contribution in [-0.4, -0.2) is 24.0 Å². The minimum Gasteiger partial charge on any atom is -0.328 e. The van der Waals surface area contributed by atoms with Crippen LogP contribution in [0.15, 0.2) is 28.7 Å². The third-order valence-corrected chi connectivity index (χ3v) is 4.07. The van der Waals surface area contributed by atoms with Crippen molar-refractivity contribution in [3.05, 3.63) is 34.3 Å². The summed E-state index contributed by atoms with van der Waals surface area (Å²) >= 11 is 3.52. The highest BCUT2D eigenvalue weighted by Gasteiger charge is 2.22. The number of hydrogen-bond donors (Lipinski definition) is 1. The first kappa shape index (κ1) is 13.1. The van der Waals surface area contributed by atoms with Gasteiger partial charge in [0.25, 0.3) is 0 Å². The van der Waals surface area contributed by atoms with Crippen molar-refractivity contribution in [2.24, 2.45) is 11.7 Å². The molecule has 94 valence electrons. The predicted molar refractivity (Wildman–Crippen MR) is 75.8 cm³/mol. The van der Waals surface area contributed by atoms with Crippen LogP contribution >= 0.6 is 15.9 Å². The summed E-state index contributed by atoms with van der Waals surface area (Å²) in [6, 6.07) is 8.90. The maximum atomic E-state index is 6.01. The lowest BCUT2D eigenvalue weighted by Crippen LogP contribution is -2.41. The SMILES string of the molecule is CC(N)C1CCCN(Cc2cccc(Br)c2)C1. The zero-order chi connectivity index (χ0) is 12.3. The maximum absolute atomic E-state index is 6.01. The predicted octanol–water partition coefficient (Wildman–Crippen LogP) is 3.01. The molecule has 2 rings (SSSR count). The van der Waals surface area contributed by atoms with Crippen LogP contribution in [-0.2, 0) is 6.54 Å². The lowest BCUT2D eigenvalue weighted by molar-refractivity contribution is 0.154. The molecule has 1 aliphatic rings. The van der Waals surface area contributed by atoms with Gasteiger partial charge in [0, 0.05) is 23.6 Å². The first-order valence-electron chi connectivity index (χ1n) is 6.37. The molecule has 1 aliphatic heterocycles. The van der Waals surface area contributed by atoms with E-state index in [4.69, 9.17) is 5.73 Å². The van der Waals surface area contributed by atoms with Gasteiger partial charge in [-0.3, -0.25) is 4.90 Å². The number of rotatable bonds is 3. The Bertz CT molecular complexity index is 365. The van der Waals surface area contributed by atoms with Gasteiger partial charge in [-0.15, -0.1) is 0 Å².